The van der Waals surface area contributed by atoms with Gasteiger partial charge < -0.3 is 10.1 Å². The van der Waals surface area contributed by atoms with Crippen molar-refractivity contribution in [1.82, 2.24) is 5.32 Å². The number of hydrogen-bond acceptors (Lipinski definition) is 2. The van der Waals surface area contributed by atoms with Crippen molar-refractivity contribution in [3.8, 4) is 5.75 Å². The highest BCUT2D eigenvalue weighted by molar-refractivity contribution is 5.39. The number of hydrogen-bond donors (Lipinski definition) is 1. The third kappa shape index (κ3) is 4.34. The van der Waals surface area contributed by atoms with E-state index >= 15 is 0 Å². The Labute approximate surface area is 112 Å². The molecule has 0 spiro atoms. The van der Waals surface area contributed by atoms with Gasteiger partial charge in [-0.05, 0) is 38.3 Å². The number of rotatable bonds is 7. The molecule has 1 unspecified atom stereocenters. The van der Waals surface area contributed by atoms with E-state index in [0.29, 0.717) is 12.0 Å². The van der Waals surface area contributed by atoms with Crippen molar-refractivity contribution in [2.24, 2.45) is 5.92 Å². The molecule has 0 saturated carbocycles. The highest BCUT2D eigenvalue weighted by Crippen LogP contribution is 2.30. The van der Waals surface area contributed by atoms with E-state index in [4.69, 9.17) is 4.74 Å². The minimum absolute atomic E-state index is 0.389. The summed E-state index contributed by atoms with van der Waals surface area (Å²) in [5, 5.41) is 3.64. The Morgan fingerprint density at radius 2 is 2.00 bits per heavy atom. The first-order valence-electron chi connectivity index (χ1n) is 6.96. The lowest BCUT2D eigenvalue weighted by Gasteiger charge is -2.23. The molecule has 0 aliphatic rings. The molecule has 0 aromatic heterocycles. The van der Waals surface area contributed by atoms with E-state index in [-0.39, 0.29) is 0 Å². The molecule has 0 bridgehead atoms. The van der Waals surface area contributed by atoms with Crippen LogP contribution in [0.15, 0.2) is 18.2 Å². The monoisotopic (exact) mass is 249 g/mol. The summed E-state index contributed by atoms with van der Waals surface area (Å²) in [6.45, 7) is 9.92. The predicted octanol–water partition coefficient (Wildman–Crippen LogP) is 4.09. The van der Waals surface area contributed by atoms with E-state index in [1.54, 1.807) is 7.11 Å². The topological polar surface area (TPSA) is 21.3 Å². The molecule has 1 aromatic rings. The zero-order chi connectivity index (χ0) is 13.5. The fourth-order valence-electron chi connectivity index (χ4n) is 2.24. The van der Waals surface area contributed by atoms with Crippen LogP contribution in [-0.2, 0) is 0 Å². The van der Waals surface area contributed by atoms with Gasteiger partial charge in [-0.1, -0.05) is 38.5 Å². The molecule has 1 aromatic carbocycles. The lowest BCUT2D eigenvalue weighted by molar-refractivity contribution is 0.381. The van der Waals surface area contributed by atoms with Crippen LogP contribution < -0.4 is 10.1 Å². The van der Waals surface area contributed by atoms with Gasteiger partial charge in [-0.3, -0.25) is 0 Å². The summed E-state index contributed by atoms with van der Waals surface area (Å²) in [7, 11) is 1.75. The van der Waals surface area contributed by atoms with Gasteiger partial charge in [-0.2, -0.15) is 0 Å². The first kappa shape index (κ1) is 15.0. The van der Waals surface area contributed by atoms with Gasteiger partial charge in [0.05, 0.1) is 7.11 Å². The van der Waals surface area contributed by atoms with Crippen molar-refractivity contribution in [3.63, 3.8) is 0 Å². The van der Waals surface area contributed by atoms with Crippen molar-refractivity contribution < 1.29 is 4.74 Å². The Kier molecular flexibility index (Phi) is 6.20. The van der Waals surface area contributed by atoms with Crippen LogP contribution in [0.1, 0.15) is 50.8 Å². The molecule has 1 N–H and O–H groups in total. The van der Waals surface area contributed by atoms with Crippen molar-refractivity contribution in [1.29, 1.82) is 0 Å². The Morgan fingerprint density at radius 1 is 1.28 bits per heavy atom. The molecule has 1 rings (SSSR count). The third-order valence-electron chi connectivity index (χ3n) is 3.11. The molecular weight excluding hydrogens is 222 g/mol. The molecule has 0 heterocycles. The summed E-state index contributed by atoms with van der Waals surface area (Å²) in [6.07, 6.45) is 2.29. The Morgan fingerprint density at radius 3 is 2.56 bits per heavy atom. The minimum atomic E-state index is 0.389. The number of ether oxygens (including phenoxy) is 1. The fraction of sp³-hybridized carbons (Fsp3) is 0.625. The van der Waals surface area contributed by atoms with Crippen LogP contribution in [0.5, 0.6) is 5.75 Å². The average molecular weight is 249 g/mol. The Balaban J connectivity index is 2.98. The third-order valence-corrected chi connectivity index (χ3v) is 3.11. The molecule has 102 valence electrons. The zero-order valence-electron chi connectivity index (χ0n) is 12.4. The molecule has 0 fully saturated rings. The summed E-state index contributed by atoms with van der Waals surface area (Å²) >= 11 is 0. The lowest BCUT2D eigenvalue weighted by atomic mass is 9.95. The van der Waals surface area contributed by atoms with Gasteiger partial charge in [-0.25, -0.2) is 0 Å². The standard InChI is InChI=1S/C16H27NO/c1-6-9-17-15(10-12(2)3)14-11-13(4)7-8-16(14)18-5/h7-8,11-12,15,17H,6,9-10H2,1-5H3. The molecule has 0 radical (unpaired) electrons. The van der Waals surface area contributed by atoms with Gasteiger partial charge in [0.1, 0.15) is 5.75 Å². The smallest absolute Gasteiger partial charge is 0.123 e. The molecule has 2 nitrogen and oxygen atoms in total. The Bertz CT molecular complexity index is 360. The van der Waals surface area contributed by atoms with E-state index in [2.05, 4.69) is 51.2 Å². The second-order valence-corrected chi connectivity index (χ2v) is 5.38. The van der Waals surface area contributed by atoms with Crippen LogP contribution in [0.3, 0.4) is 0 Å². The number of aryl methyl sites for hydroxylation is 1. The van der Waals surface area contributed by atoms with Gasteiger partial charge >= 0.3 is 0 Å². The van der Waals surface area contributed by atoms with Crippen molar-refractivity contribution in [2.45, 2.75) is 46.6 Å². The molecule has 0 aliphatic carbocycles. The summed E-state index contributed by atoms with van der Waals surface area (Å²) in [4.78, 5) is 0. The molecule has 0 saturated heterocycles. The summed E-state index contributed by atoms with van der Waals surface area (Å²) in [5.41, 5.74) is 2.58. The average Bonchev–Trinajstić information content (AvgIpc) is 2.34. The van der Waals surface area contributed by atoms with Crippen LogP contribution >= 0.6 is 0 Å². The zero-order valence-corrected chi connectivity index (χ0v) is 12.4. The maximum atomic E-state index is 5.50. The van der Waals surface area contributed by atoms with Gasteiger partial charge in [0.2, 0.25) is 0 Å². The van der Waals surface area contributed by atoms with Crippen LogP contribution in [0.2, 0.25) is 0 Å². The van der Waals surface area contributed by atoms with Crippen molar-refractivity contribution in [2.75, 3.05) is 13.7 Å². The quantitative estimate of drug-likeness (QED) is 0.786. The van der Waals surface area contributed by atoms with Gasteiger partial charge in [0.15, 0.2) is 0 Å². The minimum Gasteiger partial charge on any atom is -0.496 e. The normalized spacial score (nSPS) is 12.8. The van der Waals surface area contributed by atoms with Crippen LogP contribution in [0.25, 0.3) is 0 Å². The highest BCUT2D eigenvalue weighted by atomic mass is 16.5. The number of benzene rings is 1. The van der Waals surface area contributed by atoms with E-state index < -0.39 is 0 Å². The van der Waals surface area contributed by atoms with E-state index in [9.17, 15) is 0 Å². The maximum absolute atomic E-state index is 5.50. The van der Waals surface area contributed by atoms with Crippen molar-refractivity contribution >= 4 is 0 Å². The van der Waals surface area contributed by atoms with Crippen LogP contribution in [0.4, 0.5) is 0 Å². The summed E-state index contributed by atoms with van der Waals surface area (Å²) in [5.74, 6) is 1.67. The number of methoxy groups -OCH3 is 1. The lowest BCUT2D eigenvalue weighted by Crippen LogP contribution is -2.24. The molecule has 0 amide bonds. The van der Waals surface area contributed by atoms with Gasteiger partial charge in [0.25, 0.3) is 0 Å². The highest BCUT2D eigenvalue weighted by Gasteiger charge is 2.16. The Hall–Kier alpha value is -1.02. The molecule has 0 aliphatic heterocycles. The predicted molar refractivity (Wildman–Crippen MR) is 78.2 cm³/mol. The fourth-order valence-corrected chi connectivity index (χ4v) is 2.24. The van der Waals surface area contributed by atoms with E-state index in [1.165, 1.54) is 11.1 Å². The second-order valence-electron chi connectivity index (χ2n) is 5.38. The molecule has 1 atom stereocenters. The van der Waals surface area contributed by atoms with Gasteiger partial charge in [-0.15, -0.1) is 0 Å². The van der Waals surface area contributed by atoms with E-state index in [0.717, 1.165) is 25.1 Å². The SMILES string of the molecule is CCCNC(CC(C)C)c1cc(C)ccc1OC. The van der Waals surface area contributed by atoms with Crippen LogP contribution in [-0.4, -0.2) is 13.7 Å². The van der Waals surface area contributed by atoms with Crippen LogP contribution in [0, 0.1) is 12.8 Å². The largest absolute Gasteiger partial charge is 0.496 e. The second kappa shape index (κ2) is 7.42. The summed E-state index contributed by atoms with van der Waals surface area (Å²) in [6, 6.07) is 6.81. The molecule has 2 heteroatoms. The summed E-state index contributed by atoms with van der Waals surface area (Å²) < 4.78 is 5.50. The van der Waals surface area contributed by atoms with Gasteiger partial charge in [0, 0.05) is 11.6 Å². The molecular formula is C16H27NO. The van der Waals surface area contributed by atoms with E-state index in [1.807, 2.05) is 0 Å². The maximum Gasteiger partial charge on any atom is 0.123 e. The first-order chi connectivity index (χ1) is 8.58. The molecule has 18 heavy (non-hydrogen) atoms. The number of nitrogens with one attached hydrogen (secondary N) is 1. The van der Waals surface area contributed by atoms with Crippen molar-refractivity contribution in [3.05, 3.63) is 29.3 Å². The first-order valence-corrected chi connectivity index (χ1v) is 6.96.